The zero-order valence-electron chi connectivity index (χ0n) is 17.8. The molecule has 1 amide bonds. The van der Waals surface area contributed by atoms with E-state index in [0.29, 0.717) is 23.5 Å². The van der Waals surface area contributed by atoms with Crippen molar-refractivity contribution in [3.05, 3.63) is 84.2 Å². The van der Waals surface area contributed by atoms with E-state index in [4.69, 9.17) is 4.74 Å². The molecule has 0 saturated carbocycles. The molecule has 0 bridgehead atoms. The zero-order valence-corrected chi connectivity index (χ0v) is 18.6. The maximum absolute atomic E-state index is 13.4. The lowest BCUT2D eigenvalue weighted by Crippen LogP contribution is -2.38. The number of carbonyl (C=O) groups excluding carboxylic acids is 1. The molecule has 166 valence electrons. The number of amides is 1. The zero-order chi connectivity index (χ0) is 22.6. The Hall–Kier alpha value is -3.23. The van der Waals surface area contributed by atoms with E-state index < -0.39 is 10.0 Å². The normalized spacial score (nSPS) is 17.0. The van der Waals surface area contributed by atoms with Crippen molar-refractivity contribution in [1.82, 2.24) is 9.29 Å². The monoisotopic (exact) mass is 451 g/mol. The average Bonchev–Trinajstić information content (AvgIpc) is 2.85. The highest BCUT2D eigenvalue weighted by molar-refractivity contribution is 7.89. The SMILES string of the molecule is COc1cccc(C(=O)Nc2ccc(S(=O)(=O)N3CCCC[C@@H]3c3cccnc3)cc2)c1. The minimum absolute atomic E-state index is 0.202. The van der Waals surface area contributed by atoms with Crippen LogP contribution in [0.3, 0.4) is 0 Å². The molecule has 1 aliphatic heterocycles. The van der Waals surface area contributed by atoms with Crippen molar-refractivity contribution in [2.75, 3.05) is 19.0 Å². The lowest BCUT2D eigenvalue weighted by Gasteiger charge is -2.34. The maximum atomic E-state index is 13.4. The Kier molecular flexibility index (Phi) is 6.53. The minimum atomic E-state index is -3.69. The summed E-state index contributed by atoms with van der Waals surface area (Å²) in [6.07, 6.45) is 5.98. The fourth-order valence-corrected chi connectivity index (χ4v) is 5.59. The first-order valence-electron chi connectivity index (χ1n) is 10.5. The van der Waals surface area contributed by atoms with Crippen molar-refractivity contribution in [1.29, 1.82) is 0 Å². The lowest BCUT2D eigenvalue weighted by atomic mass is 9.99. The highest BCUT2D eigenvalue weighted by Crippen LogP contribution is 2.35. The van der Waals surface area contributed by atoms with Gasteiger partial charge in [-0.25, -0.2) is 8.42 Å². The highest BCUT2D eigenvalue weighted by Gasteiger charge is 2.34. The molecule has 7 nitrogen and oxygen atoms in total. The molecule has 1 aliphatic rings. The van der Waals surface area contributed by atoms with Crippen LogP contribution in [-0.2, 0) is 10.0 Å². The van der Waals surface area contributed by atoms with Gasteiger partial charge in [-0.3, -0.25) is 9.78 Å². The molecular weight excluding hydrogens is 426 g/mol. The van der Waals surface area contributed by atoms with Crippen LogP contribution in [0.2, 0.25) is 0 Å². The van der Waals surface area contributed by atoms with Gasteiger partial charge in [0, 0.05) is 30.2 Å². The number of nitrogens with zero attached hydrogens (tertiary/aromatic N) is 2. The summed E-state index contributed by atoms with van der Waals surface area (Å²) < 4.78 is 33.5. The van der Waals surface area contributed by atoms with Gasteiger partial charge in [0.25, 0.3) is 5.91 Å². The second kappa shape index (κ2) is 9.50. The van der Waals surface area contributed by atoms with E-state index >= 15 is 0 Å². The maximum Gasteiger partial charge on any atom is 0.255 e. The van der Waals surface area contributed by atoms with Gasteiger partial charge in [-0.15, -0.1) is 0 Å². The van der Waals surface area contributed by atoms with Crippen molar-refractivity contribution >= 4 is 21.6 Å². The highest BCUT2D eigenvalue weighted by atomic mass is 32.2. The van der Waals surface area contributed by atoms with Crippen molar-refractivity contribution in [2.45, 2.75) is 30.2 Å². The molecule has 0 unspecified atom stereocenters. The van der Waals surface area contributed by atoms with Crippen molar-refractivity contribution in [3.63, 3.8) is 0 Å². The number of pyridine rings is 1. The minimum Gasteiger partial charge on any atom is -0.497 e. The fourth-order valence-electron chi connectivity index (χ4n) is 3.91. The van der Waals surface area contributed by atoms with E-state index in [1.165, 1.54) is 19.2 Å². The number of hydrogen-bond acceptors (Lipinski definition) is 5. The summed E-state index contributed by atoms with van der Waals surface area (Å²) in [6.45, 7) is 0.468. The first-order chi connectivity index (χ1) is 15.5. The number of rotatable bonds is 6. The van der Waals surface area contributed by atoms with Gasteiger partial charge in [-0.05, 0) is 66.9 Å². The average molecular weight is 452 g/mol. The van der Waals surface area contributed by atoms with Gasteiger partial charge in [-0.2, -0.15) is 4.31 Å². The van der Waals surface area contributed by atoms with Crippen LogP contribution in [0, 0.1) is 0 Å². The van der Waals surface area contributed by atoms with Crippen LogP contribution in [0.1, 0.15) is 41.2 Å². The van der Waals surface area contributed by atoms with Gasteiger partial charge in [0.05, 0.1) is 18.0 Å². The summed E-state index contributed by atoms with van der Waals surface area (Å²) >= 11 is 0. The summed E-state index contributed by atoms with van der Waals surface area (Å²) in [5.74, 6) is 0.288. The number of ether oxygens (including phenoxy) is 1. The third-order valence-corrected chi connectivity index (χ3v) is 7.50. The number of carbonyl (C=O) groups is 1. The quantitative estimate of drug-likeness (QED) is 0.605. The van der Waals surface area contributed by atoms with Crippen LogP contribution in [0.4, 0.5) is 5.69 Å². The standard InChI is InChI=1S/C24H25N3O4S/c1-31-21-8-4-6-18(16-21)24(28)26-20-10-12-22(13-11-20)32(29,30)27-15-3-2-9-23(27)19-7-5-14-25-17-19/h4-8,10-14,16-17,23H,2-3,9,15H2,1H3,(H,26,28)/t23-/m1/s1. The first kappa shape index (κ1) is 22.0. The number of nitrogens with one attached hydrogen (secondary N) is 1. The Labute approximate surface area is 188 Å². The molecule has 0 aliphatic carbocycles. The second-order valence-electron chi connectivity index (χ2n) is 7.62. The molecule has 3 aromatic rings. The van der Waals surface area contributed by atoms with Gasteiger partial charge in [0.15, 0.2) is 0 Å². The van der Waals surface area contributed by atoms with E-state index in [0.717, 1.165) is 24.8 Å². The predicted octanol–water partition coefficient (Wildman–Crippen LogP) is 4.26. The van der Waals surface area contributed by atoms with Crippen LogP contribution < -0.4 is 10.1 Å². The fraction of sp³-hybridized carbons (Fsp3) is 0.250. The van der Waals surface area contributed by atoms with Gasteiger partial charge in [0.2, 0.25) is 10.0 Å². The summed E-state index contributed by atoms with van der Waals surface area (Å²) in [5, 5.41) is 2.79. The van der Waals surface area contributed by atoms with Gasteiger partial charge < -0.3 is 10.1 Å². The number of aromatic nitrogens is 1. The van der Waals surface area contributed by atoms with Crippen molar-refractivity contribution in [2.24, 2.45) is 0 Å². The molecule has 4 rings (SSSR count). The number of sulfonamides is 1. The van der Waals surface area contributed by atoms with Gasteiger partial charge >= 0.3 is 0 Å². The lowest BCUT2D eigenvalue weighted by molar-refractivity contribution is 0.102. The van der Waals surface area contributed by atoms with Gasteiger partial charge in [0.1, 0.15) is 5.75 Å². The number of anilines is 1. The molecule has 8 heteroatoms. The molecule has 2 heterocycles. The summed E-state index contributed by atoms with van der Waals surface area (Å²) in [4.78, 5) is 16.9. The summed E-state index contributed by atoms with van der Waals surface area (Å²) in [5.41, 5.74) is 1.87. The molecule has 1 N–H and O–H groups in total. The summed E-state index contributed by atoms with van der Waals surface area (Å²) in [6, 6.07) is 16.6. The summed E-state index contributed by atoms with van der Waals surface area (Å²) in [7, 11) is -2.15. The first-order valence-corrected chi connectivity index (χ1v) is 11.9. The van der Waals surface area contributed by atoms with Crippen molar-refractivity contribution < 1.29 is 17.9 Å². The molecule has 1 fully saturated rings. The molecule has 1 aromatic heterocycles. The number of methoxy groups -OCH3 is 1. The van der Waals surface area contributed by atoms with Crippen molar-refractivity contribution in [3.8, 4) is 5.75 Å². The van der Waals surface area contributed by atoms with E-state index in [1.54, 1.807) is 53.1 Å². The van der Waals surface area contributed by atoms with Crippen LogP contribution in [0.5, 0.6) is 5.75 Å². The Bertz CT molecular complexity index is 1180. The topological polar surface area (TPSA) is 88.6 Å². The van der Waals surface area contributed by atoms with E-state index in [9.17, 15) is 13.2 Å². The number of hydrogen-bond donors (Lipinski definition) is 1. The number of benzene rings is 2. The Morgan fingerprint density at radius 2 is 1.91 bits per heavy atom. The Morgan fingerprint density at radius 3 is 2.62 bits per heavy atom. The smallest absolute Gasteiger partial charge is 0.255 e. The molecule has 2 aromatic carbocycles. The second-order valence-corrected chi connectivity index (χ2v) is 9.51. The van der Waals surface area contributed by atoms with Crippen LogP contribution in [0.25, 0.3) is 0 Å². The molecule has 1 atom stereocenters. The van der Waals surface area contributed by atoms with Crippen LogP contribution >= 0.6 is 0 Å². The number of piperidine rings is 1. The molecule has 0 radical (unpaired) electrons. The van der Waals surface area contributed by atoms with Gasteiger partial charge in [-0.1, -0.05) is 18.6 Å². The van der Waals surface area contributed by atoms with E-state index in [2.05, 4.69) is 10.3 Å². The largest absolute Gasteiger partial charge is 0.497 e. The van der Waals surface area contributed by atoms with Crippen LogP contribution in [0.15, 0.2) is 78.0 Å². The molecule has 0 spiro atoms. The Morgan fingerprint density at radius 1 is 1.09 bits per heavy atom. The predicted molar refractivity (Wildman–Crippen MR) is 122 cm³/mol. The Balaban J connectivity index is 1.52. The third-order valence-electron chi connectivity index (χ3n) is 5.57. The molecule has 1 saturated heterocycles. The van der Waals surface area contributed by atoms with E-state index in [1.807, 2.05) is 12.1 Å². The third kappa shape index (κ3) is 4.66. The van der Waals surface area contributed by atoms with E-state index in [-0.39, 0.29) is 16.8 Å². The molecule has 32 heavy (non-hydrogen) atoms. The molecular formula is C24H25N3O4S. The van der Waals surface area contributed by atoms with Crippen LogP contribution in [-0.4, -0.2) is 37.3 Å².